The molecule has 0 saturated carbocycles. The van der Waals surface area contributed by atoms with Crippen molar-refractivity contribution < 1.29 is 4.39 Å². The Bertz CT molecular complexity index is 796. The first-order valence-electron chi connectivity index (χ1n) is 6.10. The Labute approximate surface area is 125 Å². The van der Waals surface area contributed by atoms with E-state index in [-0.39, 0.29) is 11.7 Å². The second-order valence-electron chi connectivity index (χ2n) is 4.54. The van der Waals surface area contributed by atoms with E-state index in [0.29, 0.717) is 21.9 Å². The number of nitrogens with zero attached hydrogens (tertiary/aromatic N) is 2. The van der Waals surface area contributed by atoms with Crippen LogP contribution in [0.3, 0.4) is 0 Å². The Kier molecular flexibility index (Phi) is 3.40. The Morgan fingerprint density at radius 2 is 2.00 bits per heavy atom. The number of imidazole rings is 1. The molecule has 2 aromatic carbocycles. The summed E-state index contributed by atoms with van der Waals surface area (Å²) in [6.45, 7) is 1.72. The summed E-state index contributed by atoms with van der Waals surface area (Å²) in [7, 11) is 0. The third kappa shape index (κ3) is 2.07. The van der Waals surface area contributed by atoms with Crippen molar-refractivity contribution in [1.82, 2.24) is 9.55 Å². The van der Waals surface area contributed by atoms with Gasteiger partial charge in [-0.1, -0.05) is 23.7 Å². The van der Waals surface area contributed by atoms with Gasteiger partial charge in [-0.15, -0.1) is 11.6 Å². The lowest BCUT2D eigenvalue weighted by Gasteiger charge is -2.10. The fraction of sp³-hybridized carbons (Fsp3) is 0.133. The summed E-state index contributed by atoms with van der Waals surface area (Å²) >= 11 is 12.2. The van der Waals surface area contributed by atoms with E-state index in [1.54, 1.807) is 19.1 Å². The molecule has 0 spiro atoms. The second-order valence-corrected chi connectivity index (χ2v) is 5.21. The number of aromatic nitrogens is 2. The van der Waals surface area contributed by atoms with Crippen LogP contribution in [0.1, 0.15) is 11.4 Å². The lowest BCUT2D eigenvalue weighted by Crippen LogP contribution is -2.00. The van der Waals surface area contributed by atoms with Gasteiger partial charge < -0.3 is 0 Å². The van der Waals surface area contributed by atoms with Gasteiger partial charge in [0.25, 0.3) is 0 Å². The standard InChI is InChI=1S/C15H11Cl2FN2/c1-9-6-14-12(7-11(9)18)19-15(8-16)20(14)13-5-3-2-4-10(13)17/h2-7H,8H2,1H3. The largest absolute Gasteiger partial charge is 0.294 e. The number of rotatable bonds is 2. The van der Waals surface area contributed by atoms with E-state index in [4.69, 9.17) is 23.2 Å². The minimum Gasteiger partial charge on any atom is -0.294 e. The van der Waals surface area contributed by atoms with Crippen LogP contribution in [0.25, 0.3) is 16.7 Å². The van der Waals surface area contributed by atoms with Crippen LogP contribution in [-0.2, 0) is 5.88 Å². The molecule has 20 heavy (non-hydrogen) atoms. The van der Waals surface area contributed by atoms with Crippen molar-refractivity contribution in [1.29, 1.82) is 0 Å². The first-order chi connectivity index (χ1) is 9.61. The molecule has 0 fully saturated rings. The van der Waals surface area contributed by atoms with Crippen LogP contribution in [0.4, 0.5) is 4.39 Å². The minimum atomic E-state index is -0.276. The summed E-state index contributed by atoms with van der Waals surface area (Å²) in [5, 5.41) is 0.597. The average Bonchev–Trinajstić information content (AvgIpc) is 2.77. The van der Waals surface area contributed by atoms with E-state index in [0.717, 1.165) is 11.2 Å². The molecule has 3 aromatic rings. The highest BCUT2D eigenvalue weighted by Crippen LogP contribution is 2.28. The minimum absolute atomic E-state index is 0.223. The van der Waals surface area contributed by atoms with Gasteiger partial charge in [0, 0.05) is 6.07 Å². The topological polar surface area (TPSA) is 17.8 Å². The summed E-state index contributed by atoms with van der Waals surface area (Å²) < 4.78 is 15.5. The zero-order chi connectivity index (χ0) is 14.3. The molecule has 2 nitrogen and oxygen atoms in total. The van der Waals surface area contributed by atoms with E-state index in [2.05, 4.69) is 4.98 Å². The molecule has 0 atom stereocenters. The van der Waals surface area contributed by atoms with Gasteiger partial charge in [-0.05, 0) is 30.7 Å². The fourth-order valence-electron chi connectivity index (χ4n) is 2.24. The second kappa shape index (κ2) is 5.08. The Balaban J connectivity index is 2.39. The van der Waals surface area contributed by atoms with Gasteiger partial charge in [-0.2, -0.15) is 0 Å². The van der Waals surface area contributed by atoms with E-state index < -0.39 is 0 Å². The van der Waals surface area contributed by atoms with Crippen molar-refractivity contribution in [3.8, 4) is 5.69 Å². The molecule has 1 heterocycles. The molecule has 102 valence electrons. The van der Waals surface area contributed by atoms with Crippen molar-refractivity contribution in [2.45, 2.75) is 12.8 Å². The molecule has 0 aliphatic carbocycles. The number of para-hydroxylation sites is 1. The highest BCUT2D eigenvalue weighted by Gasteiger charge is 2.15. The van der Waals surface area contributed by atoms with Crippen molar-refractivity contribution in [3.05, 3.63) is 58.6 Å². The van der Waals surface area contributed by atoms with E-state index >= 15 is 0 Å². The first-order valence-corrected chi connectivity index (χ1v) is 7.01. The maximum atomic E-state index is 13.7. The van der Waals surface area contributed by atoms with Gasteiger partial charge in [-0.25, -0.2) is 9.37 Å². The quantitative estimate of drug-likeness (QED) is 0.618. The number of hydrogen-bond donors (Lipinski definition) is 0. The van der Waals surface area contributed by atoms with Crippen molar-refractivity contribution in [2.75, 3.05) is 0 Å². The number of halogens is 3. The summed E-state index contributed by atoms with van der Waals surface area (Å²) in [6.07, 6.45) is 0. The normalized spacial score (nSPS) is 11.2. The van der Waals surface area contributed by atoms with Crippen LogP contribution in [0.5, 0.6) is 0 Å². The van der Waals surface area contributed by atoms with Crippen molar-refractivity contribution >= 4 is 34.2 Å². The molecule has 0 unspecified atom stereocenters. The molecule has 5 heteroatoms. The monoisotopic (exact) mass is 308 g/mol. The van der Waals surface area contributed by atoms with Gasteiger partial charge in [0.1, 0.15) is 11.6 Å². The maximum Gasteiger partial charge on any atom is 0.129 e. The molecular formula is C15H11Cl2FN2. The number of hydrogen-bond acceptors (Lipinski definition) is 1. The third-order valence-electron chi connectivity index (χ3n) is 3.22. The van der Waals surface area contributed by atoms with Crippen LogP contribution in [-0.4, -0.2) is 9.55 Å². The average molecular weight is 309 g/mol. The number of benzene rings is 2. The lowest BCUT2D eigenvalue weighted by molar-refractivity contribution is 0.620. The molecular weight excluding hydrogens is 298 g/mol. The zero-order valence-electron chi connectivity index (χ0n) is 10.7. The predicted molar refractivity (Wildman–Crippen MR) is 80.3 cm³/mol. The SMILES string of the molecule is Cc1cc2c(cc1F)nc(CCl)n2-c1ccccc1Cl. The molecule has 0 N–H and O–H groups in total. The van der Waals surface area contributed by atoms with Crippen molar-refractivity contribution in [3.63, 3.8) is 0 Å². The van der Waals surface area contributed by atoms with Gasteiger partial charge in [0.15, 0.2) is 0 Å². The van der Waals surface area contributed by atoms with Crippen LogP contribution in [0.2, 0.25) is 5.02 Å². The van der Waals surface area contributed by atoms with E-state index in [1.165, 1.54) is 6.07 Å². The maximum absolute atomic E-state index is 13.7. The van der Waals surface area contributed by atoms with Crippen LogP contribution < -0.4 is 0 Å². The lowest BCUT2D eigenvalue weighted by atomic mass is 10.2. The number of alkyl halides is 1. The Morgan fingerprint density at radius 3 is 2.70 bits per heavy atom. The number of fused-ring (bicyclic) bond motifs is 1. The molecule has 3 rings (SSSR count). The van der Waals surface area contributed by atoms with Crippen LogP contribution >= 0.6 is 23.2 Å². The molecule has 0 amide bonds. The van der Waals surface area contributed by atoms with Crippen LogP contribution in [0, 0.1) is 12.7 Å². The first kappa shape index (κ1) is 13.4. The highest BCUT2D eigenvalue weighted by molar-refractivity contribution is 6.32. The molecule has 1 aromatic heterocycles. The van der Waals surface area contributed by atoms with Gasteiger partial charge in [0.2, 0.25) is 0 Å². The smallest absolute Gasteiger partial charge is 0.129 e. The van der Waals surface area contributed by atoms with Crippen molar-refractivity contribution in [2.24, 2.45) is 0 Å². The number of aryl methyl sites for hydroxylation is 1. The Hall–Kier alpha value is -1.58. The predicted octanol–water partition coefficient (Wildman–Crippen LogP) is 4.87. The van der Waals surface area contributed by atoms with Gasteiger partial charge in [0.05, 0.1) is 27.6 Å². The molecule has 0 aliphatic heterocycles. The molecule has 0 bridgehead atoms. The van der Waals surface area contributed by atoms with Gasteiger partial charge in [-0.3, -0.25) is 4.57 Å². The van der Waals surface area contributed by atoms with Crippen LogP contribution in [0.15, 0.2) is 36.4 Å². The Morgan fingerprint density at radius 1 is 1.25 bits per heavy atom. The van der Waals surface area contributed by atoms with Gasteiger partial charge >= 0.3 is 0 Å². The third-order valence-corrected chi connectivity index (χ3v) is 3.78. The molecule has 0 aliphatic rings. The summed E-state index contributed by atoms with van der Waals surface area (Å²) in [6, 6.07) is 10.6. The summed E-state index contributed by atoms with van der Waals surface area (Å²) in [5.41, 5.74) is 2.72. The molecule has 0 saturated heterocycles. The molecule has 0 radical (unpaired) electrons. The fourth-order valence-corrected chi connectivity index (χ4v) is 2.64. The van der Waals surface area contributed by atoms with E-state index in [9.17, 15) is 4.39 Å². The zero-order valence-corrected chi connectivity index (χ0v) is 12.2. The van der Waals surface area contributed by atoms with E-state index in [1.807, 2.05) is 22.8 Å². The summed E-state index contributed by atoms with van der Waals surface area (Å²) in [4.78, 5) is 4.38. The summed E-state index contributed by atoms with van der Waals surface area (Å²) in [5.74, 6) is 0.586. The highest BCUT2D eigenvalue weighted by atomic mass is 35.5.